The topological polar surface area (TPSA) is 76.0 Å². The number of carbonyl (C=O) groups is 1. The highest BCUT2D eigenvalue weighted by atomic mass is 79.9. The van der Waals surface area contributed by atoms with Crippen molar-refractivity contribution in [3.05, 3.63) is 121 Å². The van der Waals surface area contributed by atoms with E-state index in [1.807, 2.05) is 0 Å². The number of hydrogen-bond donors (Lipinski definition) is 0. The van der Waals surface area contributed by atoms with Crippen LogP contribution in [0.4, 0.5) is 11.4 Å². The third-order valence-corrected chi connectivity index (χ3v) is 8.97. The molecular weight excluding hydrogens is 679 g/mol. The van der Waals surface area contributed by atoms with Gasteiger partial charge >= 0.3 is 10.1 Å². The van der Waals surface area contributed by atoms with Gasteiger partial charge < -0.3 is 4.18 Å². The van der Waals surface area contributed by atoms with Crippen molar-refractivity contribution in [1.82, 2.24) is 0 Å². The quantitative estimate of drug-likeness (QED) is 0.149. The first-order valence-electron chi connectivity index (χ1n) is 11.4. The molecule has 4 aromatic rings. The smallest absolute Gasteiger partial charge is 0.339 e. The normalized spacial score (nSPS) is 15.7. The van der Waals surface area contributed by atoms with Crippen LogP contribution >= 0.6 is 62.5 Å². The molecule has 12 heteroatoms. The molecule has 0 aromatic heterocycles. The highest BCUT2D eigenvalue weighted by molar-refractivity contribution is 9.10. The second kappa shape index (κ2) is 12.0. The SMILES string of the molecule is O=C1/C(=C/c2cc(Br)ccc2OS(=O)(=O)c2ccc(Cl)cc2)SC(=Nc2ccc(Cl)cc2)N1c1ccc(Cl)cc1. The second-order valence-electron chi connectivity index (χ2n) is 8.27. The van der Waals surface area contributed by atoms with E-state index >= 15 is 0 Å². The molecule has 0 bridgehead atoms. The lowest BCUT2D eigenvalue weighted by molar-refractivity contribution is -0.113. The molecule has 0 atom stereocenters. The maximum absolute atomic E-state index is 13.7. The van der Waals surface area contributed by atoms with Crippen molar-refractivity contribution in [3.8, 4) is 5.75 Å². The fraction of sp³-hybridized carbons (Fsp3) is 0. The summed E-state index contributed by atoms with van der Waals surface area (Å²) in [5, 5.41) is 1.87. The molecule has 0 saturated carbocycles. The molecule has 202 valence electrons. The predicted octanol–water partition coefficient (Wildman–Crippen LogP) is 8.99. The molecule has 6 nitrogen and oxygen atoms in total. The van der Waals surface area contributed by atoms with Crippen LogP contribution in [0.5, 0.6) is 5.75 Å². The van der Waals surface area contributed by atoms with Gasteiger partial charge in [0.2, 0.25) is 0 Å². The average molecular weight is 695 g/mol. The Morgan fingerprint density at radius 1 is 0.825 bits per heavy atom. The summed E-state index contributed by atoms with van der Waals surface area (Å²) in [6.07, 6.45) is 1.57. The Hall–Kier alpha value is -2.79. The molecule has 1 heterocycles. The molecular formula is C28H16BrCl3N2O4S2. The number of thioether (sulfide) groups is 1. The maximum atomic E-state index is 13.7. The number of benzene rings is 4. The lowest BCUT2D eigenvalue weighted by atomic mass is 10.2. The van der Waals surface area contributed by atoms with Gasteiger partial charge in [-0.15, -0.1) is 0 Å². The van der Waals surface area contributed by atoms with E-state index in [9.17, 15) is 13.2 Å². The molecule has 1 aliphatic rings. The Kier molecular flexibility index (Phi) is 8.61. The van der Waals surface area contributed by atoms with Crippen molar-refractivity contribution >= 4 is 101 Å². The van der Waals surface area contributed by atoms with Crippen molar-refractivity contribution in [1.29, 1.82) is 0 Å². The van der Waals surface area contributed by atoms with Crippen LogP contribution in [0.25, 0.3) is 6.08 Å². The van der Waals surface area contributed by atoms with Gasteiger partial charge in [-0.3, -0.25) is 9.69 Å². The van der Waals surface area contributed by atoms with Gasteiger partial charge in [0.25, 0.3) is 5.91 Å². The van der Waals surface area contributed by atoms with Crippen LogP contribution in [-0.4, -0.2) is 19.5 Å². The van der Waals surface area contributed by atoms with E-state index in [4.69, 9.17) is 39.0 Å². The number of amides is 1. The van der Waals surface area contributed by atoms with Crippen LogP contribution in [0.1, 0.15) is 5.56 Å². The Balaban J connectivity index is 1.55. The molecule has 0 aliphatic carbocycles. The maximum Gasteiger partial charge on any atom is 0.339 e. The van der Waals surface area contributed by atoms with Crippen molar-refractivity contribution in [2.24, 2.45) is 4.99 Å². The Bertz CT molecular complexity index is 1760. The molecule has 0 spiro atoms. The molecule has 4 aromatic carbocycles. The monoisotopic (exact) mass is 692 g/mol. The van der Waals surface area contributed by atoms with Crippen LogP contribution in [-0.2, 0) is 14.9 Å². The van der Waals surface area contributed by atoms with E-state index < -0.39 is 10.1 Å². The highest BCUT2D eigenvalue weighted by Crippen LogP contribution is 2.39. The first-order chi connectivity index (χ1) is 19.1. The lowest BCUT2D eigenvalue weighted by Gasteiger charge is -2.15. The number of anilines is 1. The van der Waals surface area contributed by atoms with Crippen LogP contribution in [0.15, 0.2) is 110 Å². The zero-order valence-electron chi connectivity index (χ0n) is 20.1. The summed E-state index contributed by atoms with van der Waals surface area (Å²) in [6, 6.07) is 24.1. The lowest BCUT2D eigenvalue weighted by Crippen LogP contribution is -2.28. The van der Waals surface area contributed by atoms with Gasteiger partial charge in [-0.25, -0.2) is 4.99 Å². The Morgan fingerprint density at radius 2 is 1.40 bits per heavy atom. The summed E-state index contributed by atoms with van der Waals surface area (Å²) < 4.78 is 32.1. The van der Waals surface area contributed by atoms with E-state index in [1.165, 1.54) is 35.2 Å². The van der Waals surface area contributed by atoms with Gasteiger partial charge in [0.05, 0.1) is 16.3 Å². The Labute approximate surface area is 258 Å². The van der Waals surface area contributed by atoms with Gasteiger partial charge in [-0.1, -0.05) is 50.7 Å². The first-order valence-corrected chi connectivity index (χ1v) is 15.6. The third kappa shape index (κ3) is 6.57. The number of hydrogen-bond acceptors (Lipinski definition) is 6. The van der Waals surface area contributed by atoms with E-state index in [1.54, 1.807) is 66.7 Å². The van der Waals surface area contributed by atoms with Gasteiger partial charge in [-0.2, -0.15) is 8.42 Å². The largest absolute Gasteiger partial charge is 0.378 e. The summed E-state index contributed by atoms with van der Waals surface area (Å²) in [7, 11) is -4.18. The van der Waals surface area contributed by atoms with Gasteiger partial charge in [0.1, 0.15) is 10.6 Å². The van der Waals surface area contributed by atoms with Gasteiger partial charge in [0, 0.05) is 25.1 Å². The van der Waals surface area contributed by atoms with Crippen LogP contribution in [0.3, 0.4) is 0 Å². The summed E-state index contributed by atoms with van der Waals surface area (Å²) >= 11 is 22.5. The van der Waals surface area contributed by atoms with E-state index in [-0.39, 0.29) is 16.6 Å². The minimum atomic E-state index is -4.18. The minimum Gasteiger partial charge on any atom is -0.378 e. The van der Waals surface area contributed by atoms with E-state index in [0.29, 0.717) is 46.6 Å². The number of aliphatic imine (C=N–C) groups is 1. The number of carbonyl (C=O) groups excluding carboxylic acids is 1. The molecule has 0 unspecified atom stereocenters. The molecule has 0 radical (unpaired) electrons. The first kappa shape index (κ1) is 28.7. The molecule has 40 heavy (non-hydrogen) atoms. The van der Waals surface area contributed by atoms with Crippen LogP contribution < -0.4 is 9.08 Å². The van der Waals surface area contributed by atoms with E-state index in [2.05, 4.69) is 20.9 Å². The summed E-state index contributed by atoms with van der Waals surface area (Å²) in [5.41, 5.74) is 1.53. The highest BCUT2D eigenvalue weighted by Gasteiger charge is 2.35. The predicted molar refractivity (Wildman–Crippen MR) is 166 cm³/mol. The number of nitrogens with zero attached hydrogens (tertiary/aromatic N) is 2. The van der Waals surface area contributed by atoms with Gasteiger partial charge in [0.15, 0.2) is 5.17 Å². The standard InChI is InChI=1S/C28H16BrCl3N2O4S2/c29-18-1-14-25(38-40(36,37)24-12-6-21(32)7-13-24)17(15-18)16-26-27(35)34(23-10-4-20(31)5-11-23)28(39-26)33-22-8-2-19(30)3-9-22/h1-16H/b26-16-,33-28?. The fourth-order valence-corrected chi connectivity index (χ4v) is 6.31. The fourth-order valence-electron chi connectivity index (χ4n) is 3.61. The zero-order chi connectivity index (χ0) is 28.4. The molecule has 1 saturated heterocycles. The van der Waals surface area contributed by atoms with Crippen LogP contribution in [0.2, 0.25) is 15.1 Å². The summed E-state index contributed by atoms with van der Waals surface area (Å²) in [5.74, 6) is -0.313. The second-order valence-corrected chi connectivity index (χ2v) is 13.1. The molecule has 1 fully saturated rings. The molecule has 1 aliphatic heterocycles. The molecule has 1 amide bonds. The Morgan fingerprint density at radius 3 is 2.02 bits per heavy atom. The van der Waals surface area contributed by atoms with Crippen molar-refractivity contribution < 1.29 is 17.4 Å². The number of halogens is 4. The zero-order valence-corrected chi connectivity index (χ0v) is 25.6. The van der Waals surface area contributed by atoms with Crippen LogP contribution in [0, 0.1) is 0 Å². The number of rotatable bonds is 6. The van der Waals surface area contributed by atoms with Crippen molar-refractivity contribution in [2.45, 2.75) is 4.90 Å². The minimum absolute atomic E-state index is 0.0418. The summed E-state index contributed by atoms with van der Waals surface area (Å²) in [4.78, 5) is 20.1. The molecule has 0 N–H and O–H groups in total. The van der Waals surface area contributed by atoms with Gasteiger partial charge in [-0.05, 0) is 109 Å². The number of amidine groups is 1. The summed E-state index contributed by atoms with van der Waals surface area (Å²) in [6.45, 7) is 0. The van der Waals surface area contributed by atoms with Crippen molar-refractivity contribution in [3.63, 3.8) is 0 Å². The molecule has 5 rings (SSSR count). The van der Waals surface area contributed by atoms with E-state index in [0.717, 1.165) is 11.8 Å². The average Bonchev–Trinajstić information content (AvgIpc) is 3.22. The third-order valence-electron chi connectivity index (χ3n) is 5.50. The van der Waals surface area contributed by atoms with Crippen molar-refractivity contribution in [2.75, 3.05) is 4.90 Å².